The van der Waals surface area contributed by atoms with Crippen LogP contribution in [0.25, 0.3) is 0 Å². The topological polar surface area (TPSA) is 26.3 Å². The number of unbranched alkanes of at least 4 members (excludes halogenated alkanes) is 2. The van der Waals surface area contributed by atoms with Gasteiger partial charge in [-0.25, -0.2) is 4.79 Å². The molecular weight excluding hydrogens is 236 g/mol. The lowest BCUT2D eigenvalue weighted by Gasteiger charge is -2.23. The Morgan fingerprint density at radius 1 is 1.21 bits per heavy atom. The first-order chi connectivity index (χ1) is 9.15. The van der Waals surface area contributed by atoms with E-state index in [1.165, 1.54) is 18.9 Å². The van der Waals surface area contributed by atoms with Gasteiger partial charge < -0.3 is 4.74 Å². The number of carbonyl (C=O) groups excluding carboxylic acids is 1. The van der Waals surface area contributed by atoms with E-state index in [-0.39, 0.29) is 12.1 Å². The van der Waals surface area contributed by atoms with Crippen molar-refractivity contribution in [1.29, 1.82) is 0 Å². The van der Waals surface area contributed by atoms with Gasteiger partial charge in [-0.1, -0.05) is 45.4 Å². The van der Waals surface area contributed by atoms with Crippen molar-refractivity contribution in [1.82, 2.24) is 0 Å². The van der Waals surface area contributed by atoms with Gasteiger partial charge in [-0.3, -0.25) is 0 Å². The van der Waals surface area contributed by atoms with Crippen LogP contribution in [0.5, 0.6) is 0 Å². The molecule has 0 bridgehead atoms. The van der Waals surface area contributed by atoms with Gasteiger partial charge in [-0.05, 0) is 44.9 Å². The molecule has 0 radical (unpaired) electrons. The zero-order valence-electron chi connectivity index (χ0n) is 12.9. The molecule has 19 heavy (non-hydrogen) atoms. The first-order valence-electron chi connectivity index (χ1n) is 7.63. The summed E-state index contributed by atoms with van der Waals surface area (Å²) in [6, 6.07) is 0. The fourth-order valence-corrected chi connectivity index (χ4v) is 2.27. The molecule has 0 aliphatic carbocycles. The highest BCUT2D eigenvalue weighted by Crippen LogP contribution is 2.22. The smallest absolute Gasteiger partial charge is 0.330 e. The Bertz CT molecular complexity index is 268. The van der Waals surface area contributed by atoms with E-state index in [2.05, 4.69) is 32.6 Å². The SMILES string of the molecule is C=CC(=O)OC(C)C(CCC)CCCCC=CCC. The molecule has 0 aromatic carbocycles. The van der Waals surface area contributed by atoms with E-state index in [1.54, 1.807) is 0 Å². The van der Waals surface area contributed by atoms with Crippen molar-refractivity contribution >= 4 is 5.97 Å². The van der Waals surface area contributed by atoms with Crippen LogP contribution < -0.4 is 0 Å². The molecular formula is C17H30O2. The number of carbonyl (C=O) groups is 1. The Morgan fingerprint density at radius 2 is 1.95 bits per heavy atom. The van der Waals surface area contributed by atoms with E-state index in [0.29, 0.717) is 5.92 Å². The molecule has 0 spiro atoms. The molecule has 0 aromatic rings. The molecule has 2 unspecified atom stereocenters. The Labute approximate surface area is 118 Å². The number of allylic oxidation sites excluding steroid dienone is 2. The van der Waals surface area contributed by atoms with Crippen LogP contribution in [0.1, 0.15) is 65.7 Å². The maximum Gasteiger partial charge on any atom is 0.330 e. The quantitative estimate of drug-likeness (QED) is 0.226. The number of rotatable bonds is 11. The van der Waals surface area contributed by atoms with Crippen LogP contribution in [0.2, 0.25) is 0 Å². The highest BCUT2D eigenvalue weighted by Gasteiger charge is 2.18. The fourth-order valence-electron chi connectivity index (χ4n) is 2.27. The van der Waals surface area contributed by atoms with Crippen LogP contribution in [0.3, 0.4) is 0 Å². The summed E-state index contributed by atoms with van der Waals surface area (Å²) < 4.78 is 5.34. The predicted octanol–water partition coefficient (Wildman–Crippen LogP) is 5.05. The van der Waals surface area contributed by atoms with E-state index in [1.807, 2.05) is 6.92 Å². The average Bonchev–Trinajstić information content (AvgIpc) is 2.41. The summed E-state index contributed by atoms with van der Waals surface area (Å²) in [4.78, 5) is 11.2. The maximum atomic E-state index is 11.2. The summed E-state index contributed by atoms with van der Waals surface area (Å²) in [5.74, 6) is 0.170. The monoisotopic (exact) mass is 266 g/mol. The van der Waals surface area contributed by atoms with Crippen LogP contribution in [-0.2, 0) is 9.53 Å². The highest BCUT2D eigenvalue weighted by atomic mass is 16.5. The van der Waals surface area contributed by atoms with Gasteiger partial charge in [0.25, 0.3) is 0 Å². The summed E-state index contributed by atoms with van der Waals surface area (Å²) in [7, 11) is 0. The summed E-state index contributed by atoms with van der Waals surface area (Å²) >= 11 is 0. The van der Waals surface area contributed by atoms with Gasteiger partial charge >= 0.3 is 5.97 Å². The van der Waals surface area contributed by atoms with E-state index in [9.17, 15) is 4.79 Å². The van der Waals surface area contributed by atoms with Crippen molar-refractivity contribution in [2.24, 2.45) is 5.92 Å². The van der Waals surface area contributed by atoms with Crippen molar-refractivity contribution in [3.8, 4) is 0 Å². The van der Waals surface area contributed by atoms with Crippen LogP contribution in [0.15, 0.2) is 24.8 Å². The third-order valence-corrected chi connectivity index (χ3v) is 3.39. The van der Waals surface area contributed by atoms with E-state index < -0.39 is 0 Å². The Morgan fingerprint density at radius 3 is 2.53 bits per heavy atom. The second kappa shape index (κ2) is 12.0. The Hall–Kier alpha value is -1.05. The molecule has 0 aliphatic heterocycles. The second-order valence-corrected chi connectivity index (χ2v) is 5.06. The molecule has 0 heterocycles. The third kappa shape index (κ3) is 9.52. The molecule has 0 saturated heterocycles. The fraction of sp³-hybridized carbons (Fsp3) is 0.706. The number of ether oxygens (including phenoxy) is 1. The lowest BCUT2D eigenvalue weighted by molar-refractivity contribution is -0.144. The Balaban J connectivity index is 3.99. The highest BCUT2D eigenvalue weighted by molar-refractivity contribution is 5.81. The van der Waals surface area contributed by atoms with Gasteiger partial charge in [0.15, 0.2) is 0 Å². The molecule has 0 amide bonds. The zero-order valence-corrected chi connectivity index (χ0v) is 12.9. The normalized spacial score (nSPS) is 14.3. The minimum absolute atomic E-state index is 0.00312. The van der Waals surface area contributed by atoms with E-state index in [4.69, 9.17) is 4.74 Å². The van der Waals surface area contributed by atoms with Crippen molar-refractivity contribution in [2.45, 2.75) is 71.8 Å². The molecule has 0 saturated carbocycles. The molecule has 0 rings (SSSR count). The zero-order chi connectivity index (χ0) is 14.5. The molecule has 2 nitrogen and oxygen atoms in total. The number of hydrogen-bond donors (Lipinski definition) is 0. The van der Waals surface area contributed by atoms with Crippen molar-refractivity contribution in [3.05, 3.63) is 24.8 Å². The molecule has 110 valence electrons. The molecule has 0 N–H and O–H groups in total. The van der Waals surface area contributed by atoms with Crippen LogP contribution in [0, 0.1) is 5.92 Å². The van der Waals surface area contributed by atoms with Crippen molar-refractivity contribution in [2.75, 3.05) is 0 Å². The van der Waals surface area contributed by atoms with Crippen LogP contribution in [-0.4, -0.2) is 12.1 Å². The van der Waals surface area contributed by atoms with Gasteiger partial charge in [-0.15, -0.1) is 0 Å². The Kier molecular flexibility index (Phi) is 11.3. The van der Waals surface area contributed by atoms with Gasteiger partial charge in [-0.2, -0.15) is 0 Å². The number of esters is 1. The average molecular weight is 266 g/mol. The molecule has 2 heteroatoms. The lowest BCUT2D eigenvalue weighted by atomic mass is 9.92. The van der Waals surface area contributed by atoms with Gasteiger partial charge in [0.05, 0.1) is 0 Å². The van der Waals surface area contributed by atoms with Crippen molar-refractivity contribution in [3.63, 3.8) is 0 Å². The second-order valence-electron chi connectivity index (χ2n) is 5.06. The molecule has 0 fully saturated rings. The number of hydrogen-bond acceptors (Lipinski definition) is 2. The molecule has 0 aromatic heterocycles. The largest absolute Gasteiger partial charge is 0.459 e. The van der Waals surface area contributed by atoms with Crippen LogP contribution in [0.4, 0.5) is 0 Å². The molecule has 2 atom stereocenters. The summed E-state index contributed by atoms with van der Waals surface area (Å²) in [6.45, 7) is 9.78. The van der Waals surface area contributed by atoms with Gasteiger partial charge in [0.1, 0.15) is 6.10 Å². The van der Waals surface area contributed by atoms with Gasteiger partial charge in [0, 0.05) is 6.08 Å². The molecule has 0 aliphatic rings. The summed E-state index contributed by atoms with van der Waals surface area (Å²) in [5, 5.41) is 0. The summed E-state index contributed by atoms with van der Waals surface area (Å²) in [5.41, 5.74) is 0. The first-order valence-corrected chi connectivity index (χ1v) is 7.63. The van der Waals surface area contributed by atoms with E-state index >= 15 is 0 Å². The minimum atomic E-state index is -0.306. The van der Waals surface area contributed by atoms with Crippen molar-refractivity contribution < 1.29 is 9.53 Å². The maximum absolute atomic E-state index is 11.2. The lowest BCUT2D eigenvalue weighted by Crippen LogP contribution is -2.23. The van der Waals surface area contributed by atoms with E-state index in [0.717, 1.165) is 32.1 Å². The first kappa shape index (κ1) is 17.9. The predicted molar refractivity (Wildman–Crippen MR) is 82.0 cm³/mol. The standard InChI is InChI=1S/C17H30O2/c1-5-8-9-10-11-12-14-16(13-6-2)15(4)19-17(18)7-3/h7-9,15-16H,3,5-6,10-14H2,1-2,4H3. The third-order valence-electron chi connectivity index (χ3n) is 3.39. The van der Waals surface area contributed by atoms with Crippen LogP contribution >= 0.6 is 0 Å². The summed E-state index contributed by atoms with van der Waals surface area (Å²) in [6.07, 6.45) is 13.8. The van der Waals surface area contributed by atoms with Gasteiger partial charge in [0.2, 0.25) is 0 Å². The minimum Gasteiger partial charge on any atom is -0.459 e.